The molecular weight excluding hydrogens is 356 g/mol. The van der Waals surface area contributed by atoms with E-state index in [-0.39, 0.29) is 10.8 Å². The van der Waals surface area contributed by atoms with Crippen LogP contribution in [0.15, 0.2) is 52.9 Å². The molecule has 0 aliphatic heterocycles. The quantitative estimate of drug-likeness (QED) is 0.387. The SMILES string of the molecule is Cc1nc2ccc(CC(C)(C)Cc3ccc4ccc(C(C)(C)C)cc4n3)cc2o1. The molecule has 150 valence electrons. The van der Waals surface area contributed by atoms with Crippen molar-refractivity contribution in [1.29, 1.82) is 0 Å². The maximum atomic E-state index is 5.70. The number of nitrogens with zero attached hydrogens (tertiary/aromatic N) is 2. The van der Waals surface area contributed by atoms with Crippen LogP contribution in [0.4, 0.5) is 0 Å². The largest absolute Gasteiger partial charge is 0.441 e. The summed E-state index contributed by atoms with van der Waals surface area (Å²) in [5.41, 5.74) is 6.84. The molecule has 2 aromatic heterocycles. The second-order valence-corrected chi connectivity index (χ2v) is 10.0. The number of aromatic nitrogens is 2. The molecule has 4 rings (SSSR count). The van der Waals surface area contributed by atoms with Crippen molar-refractivity contribution < 1.29 is 4.42 Å². The van der Waals surface area contributed by atoms with E-state index in [1.165, 1.54) is 16.5 Å². The molecule has 4 aromatic rings. The molecule has 0 N–H and O–H groups in total. The monoisotopic (exact) mass is 386 g/mol. The van der Waals surface area contributed by atoms with Crippen LogP contribution in [-0.2, 0) is 18.3 Å². The van der Waals surface area contributed by atoms with E-state index < -0.39 is 0 Å². The lowest BCUT2D eigenvalue weighted by Crippen LogP contribution is -2.19. The Morgan fingerprint density at radius 1 is 0.793 bits per heavy atom. The lowest BCUT2D eigenvalue weighted by atomic mass is 9.81. The van der Waals surface area contributed by atoms with E-state index in [1.54, 1.807) is 0 Å². The summed E-state index contributed by atoms with van der Waals surface area (Å²) in [6, 6.07) is 17.4. The lowest BCUT2D eigenvalue weighted by Gasteiger charge is -2.25. The first kappa shape index (κ1) is 19.6. The zero-order valence-electron chi connectivity index (χ0n) is 18.3. The zero-order valence-corrected chi connectivity index (χ0v) is 18.3. The van der Waals surface area contributed by atoms with Crippen molar-refractivity contribution in [3.63, 3.8) is 0 Å². The highest BCUT2D eigenvalue weighted by molar-refractivity contribution is 5.79. The Kier molecular flexibility index (Phi) is 4.72. The van der Waals surface area contributed by atoms with E-state index in [0.29, 0.717) is 5.89 Å². The van der Waals surface area contributed by atoms with Gasteiger partial charge in [0.15, 0.2) is 11.5 Å². The predicted molar refractivity (Wildman–Crippen MR) is 120 cm³/mol. The minimum Gasteiger partial charge on any atom is -0.441 e. The van der Waals surface area contributed by atoms with Crippen LogP contribution in [0.25, 0.3) is 22.0 Å². The lowest BCUT2D eigenvalue weighted by molar-refractivity contribution is 0.357. The van der Waals surface area contributed by atoms with Crippen LogP contribution in [0.5, 0.6) is 0 Å². The van der Waals surface area contributed by atoms with E-state index >= 15 is 0 Å². The van der Waals surface area contributed by atoms with Crippen molar-refractivity contribution in [2.75, 3.05) is 0 Å². The van der Waals surface area contributed by atoms with Gasteiger partial charge in [0.1, 0.15) is 5.52 Å². The summed E-state index contributed by atoms with van der Waals surface area (Å²) in [6.45, 7) is 13.2. The first-order valence-corrected chi connectivity index (χ1v) is 10.4. The molecule has 0 atom stereocenters. The molecule has 3 heteroatoms. The van der Waals surface area contributed by atoms with Crippen LogP contribution in [0.3, 0.4) is 0 Å². The first-order valence-electron chi connectivity index (χ1n) is 10.4. The van der Waals surface area contributed by atoms with E-state index in [4.69, 9.17) is 9.40 Å². The number of oxazole rings is 1. The average Bonchev–Trinajstić information content (AvgIpc) is 2.98. The number of benzene rings is 2. The van der Waals surface area contributed by atoms with Gasteiger partial charge >= 0.3 is 0 Å². The highest BCUT2D eigenvalue weighted by Gasteiger charge is 2.21. The molecule has 0 amide bonds. The van der Waals surface area contributed by atoms with Crippen molar-refractivity contribution in [3.8, 4) is 0 Å². The molecule has 0 fully saturated rings. The third-order valence-electron chi connectivity index (χ3n) is 5.52. The number of pyridine rings is 1. The molecule has 0 spiro atoms. The second-order valence-electron chi connectivity index (χ2n) is 10.0. The summed E-state index contributed by atoms with van der Waals surface area (Å²) in [6.07, 6.45) is 1.89. The molecule has 0 bridgehead atoms. The Morgan fingerprint density at radius 3 is 2.31 bits per heavy atom. The summed E-state index contributed by atoms with van der Waals surface area (Å²) in [5, 5.41) is 1.20. The van der Waals surface area contributed by atoms with Crippen LogP contribution in [0, 0.1) is 12.3 Å². The van der Waals surface area contributed by atoms with Crippen LogP contribution in [0.1, 0.15) is 57.3 Å². The third-order valence-corrected chi connectivity index (χ3v) is 5.52. The summed E-state index contributed by atoms with van der Waals surface area (Å²) < 4.78 is 5.70. The van der Waals surface area contributed by atoms with Crippen LogP contribution in [0.2, 0.25) is 0 Å². The Bertz CT molecular complexity index is 1180. The van der Waals surface area contributed by atoms with E-state index in [1.807, 2.05) is 6.92 Å². The van der Waals surface area contributed by atoms with Gasteiger partial charge in [-0.25, -0.2) is 4.98 Å². The highest BCUT2D eigenvalue weighted by atomic mass is 16.3. The van der Waals surface area contributed by atoms with Gasteiger partial charge in [-0.05, 0) is 59.1 Å². The molecule has 2 aromatic carbocycles. The van der Waals surface area contributed by atoms with Crippen LogP contribution in [-0.4, -0.2) is 9.97 Å². The van der Waals surface area contributed by atoms with E-state index in [9.17, 15) is 0 Å². The third kappa shape index (κ3) is 4.34. The van der Waals surface area contributed by atoms with Crippen molar-refractivity contribution in [2.45, 2.75) is 59.8 Å². The normalized spacial score (nSPS) is 12.8. The van der Waals surface area contributed by atoms with E-state index in [0.717, 1.165) is 35.2 Å². The second kappa shape index (κ2) is 6.98. The number of hydrogen-bond acceptors (Lipinski definition) is 3. The Balaban J connectivity index is 1.58. The summed E-state index contributed by atoms with van der Waals surface area (Å²) in [7, 11) is 0. The fraction of sp³-hybridized carbons (Fsp3) is 0.385. The molecule has 2 heterocycles. The van der Waals surface area contributed by atoms with Gasteiger partial charge in [-0.1, -0.05) is 58.9 Å². The maximum Gasteiger partial charge on any atom is 0.192 e. The molecule has 0 aliphatic carbocycles. The van der Waals surface area contributed by atoms with Crippen molar-refractivity contribution in [1.82, 2.24) is 9.97 Å². The Labute approximate surface area is 173 Å². The molecule has 0 aliphatic rings. The van der Waals surface area contributed by atoms with Gasteiger partial charge in [0.05, 0.1) is 5.52 Å². The maximum absolute atomic E-state index is 5.70. The van der Waals surface area contributed by atoms with Gasteiger partial charge in [0.25, 0.3) is 0 Å². The fourth-order valence-electron chi connectivity index (χ4n) is 4.02. The van der Waals surface area contributed by atoms with Gasteiger partial charge in [-0.3, -0.25) is 4.98 Å². The molecule has 0 unspecified atom stereocenters. The van der Waals surface area contributed by atoms with Crippen molar-refractivity contribution >= 4 is 22.0 Å². The van der Waals surface area contributed by atoms with Gasteiger partial charge in [-0.2, -0.15) is 0 Å². The van der Waals surface area contributed by atoms with Crippen molar-refractivity contribution in [3.05, 3.63) is 71.2 Å². The molecule has 3 nitrogen and oxygen atoms in total. The Morgan fingerprint density at radius 2 is 1.55 bits per heavy atom. The van der Waals surface area contributed by atoms with Gasteiger partial charge in [-0.15, -0.1) is 0 Å². The number of rotatable bonds is 4. The average molecular weight is 387 g/mol. The highest BCUT2D eigenvalue weighted by Crippen LogP contribution is 2.30. The number of fused-ring (bicyclic) bond motifs is 2. The predicted octanol–water partition coefficient (Wildman–Crippen LogP) is 6.79. The molecule has 0 saturated carbocycles. The molecule has 0 saturated heterocycles. The molecule has 0 radical (unpaired) electrons. The first-order chi connectivity index (χ1) is 13.6. The fourth-order valence-corrected chi connectivity index (χ4v) is 4.02. The van der Waals surface area contributed by atoms with E-state index in [2.05, 4.69) is 88.1 Å². The zero-order chi connectivity index (χ0) is 20.8. The van der Waals surface area contributed by atoms with Gasteiger partial charge in [0, 0.05) is 18.0 Å². The number of hydrogen-bond donors (Lipinski definition) is 0. The van der Waals surface area contributed by atoms with Gasteiger partial charge in [0.2, 0.25) is 0 Å². The molecule has 29 heavy (non-hydrogen) atoms. The van der Waals surface area contributed by atoms with Crippen LogP contribution < -0.4 is 0 Å². The smallest absolute Gasteiger partial charge is 0.192 e. The standard InChI is InChI=1S/C26H30N2O/c1-17-27-22-12-7-18(13-24(22)29-17)15-26(5,6)16-21-11-9-19-8-10-20(25(2,3)4)14-23(19)28-21/h7-14H,15-16H2,1-6H3. The summed E-state index contributed by atoms with van der Waals surface area (Å²) in [5.74, 6) is 0.714. The van der Waals surface area contributed by atoms with Gasteiger partial charge < -0.3 is 4.42 Å². The van der Waals surface area contributed by atoms with Crippen LogP contribution >= 0.6 is 0 Å². The number of aryl methyl sites for hydroxylation is 1. The Hall–Kier alpha value is -2.68. The minimum atomic E-state index is 0.0884. The summed E-state index contributed by atoms with van der Waals surface area (Å²) >= 11 is 0. The minimum absolute atomic E-state index is 0.0884. The topological polar surface area (TPSA) is 38.9 Å². The molecular formula is C26H30N2O. The van der Waals surface area contributed by atoms with Crippen molar-refractivity contribution in [2.24, 2.45) is 5.41 Å². The summed E-state index contributed by atoms with van der Waals surface area (Å²) in [4.78, 5) is 9.40.